The molecule has 3 heterocycles. The van der Waals surface area contributed by atoms with Crippen LogP contribution in [0.5, 0.6) is 5.75 Å². The second kappa shape index (κ2) is 10.3. The van der Waals surface area contributed by atoms with Gasteiger partial charge >= 0.3 is 0 Å². The van der Waals surface area contributed by atoms with E-state index in [9.17, 15) is 4.79 Å². The van der Waals surface area contributed by atoms with Gasteiger partial charge in [0.1, 0.15) is 5.75 Å². The van der Waals surface area contributed by atoms with Gasteiger partial charge in [-0.3, -0.25) is 4.79 Å². The van der Waals surface area contributed by atoms with Gasteiger partial charge in [0.25, 0.3) is 0 Å². The number of rotatable bonds is 5. The Kier molecular flexibility index (Phi) is 6.84. The number of piperidine rings is 1. The number of anilines is 2. The van der Waals surface area contributed by atoms with Crippen LogP contribution in [-0.4, -0.2) is 67.4 Å². The maximum atomic E-state index is 13.2. The summed E-state index contributed by atoms with van der Waals surface area (Å²) in [7, 11) is 1.68. The molecule has 3 aromatic rings. The molecule has 7 heteroatoms. The SMILES string of the molecule is COc1ccc(N2CCN(C(=O)C3CCN(c4ccc(-c5ccccc5C)nn4)CC3)CC2)cc1. The van der Waals surface area contributed by atoms with Gasteiger partial charge in [-0.1, -0.05) is 24.3 Å². The van der Waals surface area contributed by atoms with Crippen LogP contribution in [0.2, 0.25) is 0 Å². The molecule has 2 saturated heterocycles. The first kappa shape index (κ1) is 23.1. The van der Waals surface area contributed by atoms with Crippen LogP contribution in [0.3, 0.4) is 0 Å². The van der Waals surface area contributed by atoms with E-state index < -0.39 is 0 Å². The Morgan fingerprint density at radius 2 is 1.54 bits per heavy atom. The molecule has 2 aliphatic rings. The van der Waals surface area contributed by atoms with Gasteiger partial charge < -0.3 is 19.4 Å². The summed E-state index contributed by atoms with van der Waals surface area (Å²) in [5.74, 6) is 2.15. The second-order valence-corrected chi connectivity index (χ2v) is 9.36. The zero-order valence-corrected chi connectivity index (χ0v) is 20.6. The molecule has 0 unspecified atom stereocenters. The summed E-state index contributed by atoms with van der Waals surface area (Å²) in [5, 5.41) is 8.97. The van der Waals surface area contributed by atoms with E-state index in [-0.39, 0.29) is 5.92 Å². The van der Waals surface area contributed by atoms with Gasteiger partial charge in [-0.25, -0.2) is 0 Å². The number of amides is 1. The largest absolute Gasteiger partial charge is 0.497 e. The number of carbonyl (C=O) groups is 1. The van der Waals surface area contributed by atoms with E-state index in [1.54, 1.807) is 7.11 Å². The van der Waals surface area contributed by atoms with E-state index in [1.165, 1.54) is 11.3 Å². The van der Waals surface area contributed by atoms with Crippen molar-refractivity contribution in [1.82, 2.24) is 15.1 Å². The lowest BCUT2D eigenvalue weighted by Gasteiger charge is -2.39. The molecule has 2 aliphatic heterocycles. The zero-order chi connectivity index (χ0) is 24.2. The third kappa shape index (κ3) is 5.09. The van der Waals surface area contributed by atoms with Crippen LogP contribution in [-0.2, 0) is 4.79 Å². The van der Waals surface area contributed by atoms with Gasteiger partial charge in [-0.15, -0.1) is 10.2 Å². The van der Waals surface area contributed by atoms with Crippen molar-refractivity contribution in [3.63, 3.8) is 0 Å². The fraction of sp³-hybridized carbons (Fsp3) is 0.393. The molecule has 2 fully saturated rings. The average Bonchev–Trinajstić information content (AvgIpc) is 2.93. The summed E-state index contributed by atoms with van der Waals surface area (Å²) in [6.07, 6.45) is 1.72. The van der Waals surface area contributed by atoms with Crippen molar-refractivity contribution in [2.75, 3.05) is 56.2 Å². The van der Waals surface area contributed by atoms with E-state index in [1.807, 2.05) is 30.3 Å². The fourth-order valence-corrected chi connectivity index (χ4v) is 5.09. The molecular weight excluding hydrogens is 438 g/mol. The summed E-state index contributed by atoms with van der Waals surface area (Å²) in [5.41, 5.74) is 4.38. The Morgan fingerprint density at radius 1 is 0.829 bits per heavy atom. The highest BCUT2D eigenvalue weighted by atomic mass is 16.5. The quantitative estimate of drug-likeness (QED) is 0.560. The Hall–Kier alpha value is -3.61. The molecule has 1 amide bonds. The number of nitrogens with zero attached hydrogens (tertiary/aromatic N) is 5. The number of aryl methyl sites for hydroxylation is 1. The monoisotopic (exact) mass is 471 g/mol. The Balaban J connectivity index is 1.12. The molecule has 35 heavy (non-hydrogen) atoms. The number of piperazine rings is 1. The first-order chi connectivity index (χ1) is 17.1. The number of carbonyl (C=O) groups excluding carboxylic acids is 1. The van der Waals surface area contributed by atoms with Gasteiger partial charge in [0.2, 0.25) is 5.91 Å². The first-order valence-corrected chi connectivity index (χ1v) is 12.4. The smallest absolute Gasteiger partial charge is 0.225 e. The van der Waals surface area contributed by atoms with Crippen LogP contribution >= 0.6 is 0 Å². The number of benzene rings is 2. The molecule has 1 aromatic heterocycles. The lowest BCUT2D eigenvalue weighted by atomic mass is 9.95. The van der Waals surface area contributed by atoms with E-state index in [2.05, 4.69) is 62.2 Å². The molecule has 0 radical (unpaired) electrons. The second-order valence-electron chi connectivity index (χ2n) is 9.36. The standard InChI is InChI=1S/C28H33N5O2/c1-21-5-3-4-6-25(21)26-11-12-27(30-29-26)32-15-13-22(14-16-32)28(34)33-19-17-31(18-20-33)23-7-9-24(35-2)10-8-23/h3-12,22H,13-20H2,1-2H3. The van der Waals surface area contributed by atoms with Crippen molar-refractivity contribution in [2.45, 2.75) is 19.8 Å². The first-order valence-electron chi connectivity index (χ1n) is 12.4. The van der Waals surface area contributed by atoms with Gasteiger partial charge in [0.15, 0.2) is 5.82 Å². The Morgan fingerprint density at radius 3 is 2.17 bits per heavy atom. The maximum Gasteiger partial charge on any atom is 0.225 e. The van der Waals surface area contributed by atoms with Crippen molar-refractivity contribution >= 4 is 17.4 Å². The van der Waals surface area contributed by atoms with Crippen LogP contribution in [0.15, 0.2) is 60.7 Å². The summed E-state index contributed by atoms with van der Waals surface area (Å²) >= 11 is 0. The van der Waals surface area contributed by atoms with Crippen LogP contribution in [0.1, 0.15) is 18.4 Å². The fourth-order valence-electron chi connectivity index (χ4n) is 5.09. The van der Waals surface area contributed by atoms with E-state index in [0.29, 0.717) is 5.91 Å². The van der Waals surface area contributed by atoms with Crippen molar-refractivity contribution in [1.29, 1.82) is 0 Å². The predicted octanol–water partition coefficient (Wildman–Crippen LogP) is 4.03. The molecule has 0 aliphatic carbocycles. The van der Waals surface area contributed by atoms with E-state index in [4.69, 9.17) is 4.74 Å². The van der Waals surface area contributed by atoms with E-state index in [0.717, 1.165) is 74.9 Å². The predicted molar refractivity (Wildman–Crippen MR) is 139 cm³/mol. The maximum absolute atomic E-state index is 13.2. The normalized spacial score (nSPS) is 16.9. The van der Waals surface area contributed by atoms with Crippen molar-refractivity contribution in [3.8, 4) is 17.0 Å². The van der Waals surface area contributed by atoms with Crippen molar-refractivity contribution in [2.24, 2.45) is 5.92 Å². The topological polar surface area (TPSA) is 61.8 Å². The number of methoxy groups -OCH3 is 1. The molecule has 7 nitrogen and oxygen atoms in total. The molecule has 0 saturated carbocycles. The zero-order valence-electron chi connectivity index (χ0n) is 20.6. The lowest BCUT2D eigenvalue weighted by molar-refractivity contribution is -0.136. The summed E-state index contributed by atoms with van der Waals surface area (Å²) in [4.78, 5) is 19.8. The summed E-state index contributed by atoms with van der Waals surface area (Å²) in [6.45, 7) is 7.03. The minimum atomic E-state index is 0.0954. The highest BCUT2D eigenvalue weighted by Crippen LogP contribution is 2.27. The molecule has 0 N–H and O–H groups in total. The molecule has 2 aromatic carbocycles. The minimum absolute atomic E-state index is 0.0954. The average molecular weight is 472 g/mol. The van der Waals surface area contributed by atoms with Gasteiger partial charge in [-0.2, -0.15) is 0 Å². The van der Waals surface area contributed by atoms with Crippen LogP contribution in [0.25, 0.3) is 11.3 Å². The number of hydrogen-bond acceptors (Lipinski definition) is 6. The number of ether oxygens (including phenoxy) is 1. The van der Waals surface area contributed by atoms with Crippen LogP contribution in [0.4, 0.5) is 11.5 Å². The van der Waals surface area contributed by atoms with Crippen LogP contribution < -0.4 is 14.5 Å². The molecule has 182 valence electrons. The highest BCUT2D eigenvalue weighted by molar-refractivity contribution is 5.79. The Labute approximate surface area is 207 Å². The number of aromatic nitrogens is 2. The molecule has 0 bridgehead atoms. The molecular formula is C28H33N5O2. The van der Waals surface area contributed by atoms with Crippen molar-refractivity contribution in [3.05, 3.63) is 66.2 Å². The van der Waals surface area contributed by atoms with Gasteiger partial charge in [0.05, 0.1) is 12.8 Å². The van der Waals surface area contributed by atoms with Gasteiger partial charge in [-0.05, 0) is 61.7 Å². The third-order valence-corrected chi connectivity index (χ3v) is 7.27. The van der Waals surface area contributed by atoms with E-state index >= 15 is 0 Å². The summed E-state index contributed by atoms with van der Waals surface area (Å²) in [6, 6.07) is 20.5. The number of hydrogen-bond donors (Lipinski definition) is 0. The molecule has 0 spiro atoms. The van der Waals surface area contributed by atoms with Crippen molar-refractivity contribution < 1.29 is 9.53 Å². The lowest BCUT2D eigenvalue weighted by Crippen LogP contribution is -2.51. The molecule has 0 atom stereocenters. The highest BCUT2D eigenvalue weighted by Gasteiger charge is 2.31. The third-order valence-electron chi connectivity index (χ3n) is 7.27. The molecule has 5 rings (SSSR count). The minimum Gasteiger partial charge on any atom is -0.497 e. The summed E-state index contributed by atoms with van der Waals surface area (Å²) < 4.78 is 5.25. The van der Waals surface area contributed by atoms with Crippen LogP contribution in [0, 0.1) is 12.8 Å². The Bertz CT molecular complexity index is 1130. The van der Waals surface area contributed by atoms with Gasteiger partial charge in [0, 0.05) is 56.4 Å².